The summed E-state index contributed by atoms with van der Waals surface area (Å²) in [4.78, 5) is 7.64. The zero-order chi connectivity index (χ0) is 10.2. The summed E-state index contributed by atoms with van der Waals surface area (Å²) in [5.41, 5.74) is 3.12. The van der Waals surface area contributed by atoms with Crippen molar-refractivity contribution in [2.45, 2.75) is 46.5 Å². The van der Waals surface area contributed by atoms with Crippen LogP contribution in [0.1, 0.15) is 45.0 Å². The molecule has 1 aromatic rings. The predicted molar refractivity (Wildman–Crippen MR) is 58.2 cm³/mol. The van der Waals surface area contributed by atoms with E-state index >= 15 is 0 Å². The van der Waals surface area contributed by atoms with Crippen molar-refractivity contribution in [1.82, 2.24) is 9.97 Å². The van der Waals surface area contributed by atoms with E-state index in [9.17, 15) is 0 Å². The average molecular weight is 192 g/mol. The molecule has 0 aromatic carbocycles. The fraction of sp³-hybridized carbons (Fsp3) is 0.750. The summed E-state index contributed by atoms with van der Waals surface area (Å²) in [6, 6.07) is 0. The maximum Gasteiger partial charge on any atom is 0.0925 e. The van der Waals surface area contributed by atoms with Gasteiger partial charge in [0.2, 0.25) is 0 Å². The second-order valence-corrected chi connectivity index (χ2v) is 5.47. The van der Waals surface area contributed by atoms with Crippen LogP contribution >= 0.6 is 0 Å². The van der Waals surface area contributed by atoms with Gasteiger partial charge in [0.25, 0.3) is 0 Å². The minimum absolute atomic E-state index is 0.448. The molecular weight excluding hydrogens is 172 g/mol. The van der Waals surface area contributed by atoms with Crippen molar-refractivity contribution in [1.29, 1.82) is 0 Å². The second kappa shape index (κ2) is 3.41. The Labute approximate surface area is 86.1 Å². The Kier molecular flexibility index (Phi) is 2.38. The summed E-state index contributed by atoms with van der Waals surface area (Å²) in [5, 5.41) is 0. The first kappa shape index (κ1) is 9.75. The van der Waals surface area contributed by atoms with E-state index in [1.165, 1.54) is 30.7 Å². The number of aromatic amines is 1. The van der Waals surface area contributed by atoms with E-state index in [1.807, 2.05) is 6.33 Å². The first-order chi connectivity index (χ1) is 6.57. The van der Waals surface area contributed by atoms with E-state index in [0.29, 0.717) is 5.41 Å². The lowest BCUT2D eigenvalue weighted by Gasteiger charge is -2.29. The molecule has 0 bridgehead atoms. The smallest absolute Gasteiger partial charge is 0.0925 e. The number of imidazole rings is 1. The van der Waals surface area contributed by atoms with Gasteiger partial charge in [0, 0.05) is 5.69 Å². The van der Waals surface area contributed by atoms with Gasteiger partial charge >= 0.3 is 0 Å². The molecular formula is C12H20N2. The molecule has 0 radical (unpaired) electrons. The number of aromatic nitrogens is 2. The van der Waals surface area contributed by atoms with E-state index in [0.717, 1.165) is 12.3 Å². The van der Waals surface area contributed by atoms with E-state index in [-0.39, 0.29) is 0 Å². The molecule has 1 aliphatic carbocycles. The van der Waals surface area contributed by atoms with Crippen LogP contribution in [0.3, 0.4) is 0 Å². The normalized spacial score (nSPS) is 19.1. The lowest BCUT2D eigenvalue weighted by atomic mass is 9.76. The Morgan fingerprint density at radius 3 is 2.71 bits per heavy atom. The van der Waals surface area contributed by atoms with Crippen molar-refractivity contribution in [3.8, 4) is 0 Å². The number of nitrogens with zero attached hydrogens (tertiary/aromatic N) is 1. The highest BCUT2D eigenvalue weighted by Gasteiger charge is 2.27. The molecule has 1 aliphatic rings. The molecule has 0 saturated carbocycles. The highest BCUT2D eigenvalue weighted by atomic mass is 14.9. The monoisotopic (exact) mass is 192 g/mol. The van der Waals surface area contributed by atoms with Crippen LogP contribution in [-0.2, 0) is 12.8 Å². The Balaban J connectivity index is 2.10. The summed E-state index contributed by atoms with van der Waals surface area (Å²) in [5.74, 6) is 0.838. The summed E-state index contributed by atoms with van der Waals surface area (Å²) < 4.78 is 0. The van der Waals surface area contributed by atoms with Crippen molar-refractivity contribution >= 4 is 0 Å². The van der Waals surface area contributed by atoms with Gasteiger partial charge in [-0.3, -0.25) is 0 Å². The van der Waals surface area contributed by atoms with E-state index in [2.05, 4.69) is 30.7 Å². The SMILES string of the molecule is CC(C)(C)C1CCc2nc[nH]c2CC1. The van der Waals surface area contributed by atoms with Crippen molar-refractivity contribution in [2.24, 2.45) is 11.3 Å². The lowest BCUT2D eigenvalue weighted by molar-refractivity contribution is 0.216. The molecule has 1 heterocycles. The molecule has 78 valence electrons. The topological polar surface area (TPSA) is 28.7 Å². The number of nitrogens with one attached hydrogen (secondary N) is 1. The van der Waals surface area contributed by atoms with Gasteiger partial charge in [0.05, 0.1) is 12.0 Å². The van der Waals surface area contributed by atoms with Crippen molar-refractivity contribution in [3.63, 3.8) is 0 Å². The molecule has 0 spiro atoms. The molecule has 1 atom stereocenters. The molecule has 1 aromatic heterocycles. The van der Waals surface area contributed by atoms with Crippen molar-refractivity contribution < 1.29 is 0 Å². The fourth-order valence-electron chi connectivity index (χ4n) is 2.42. The third kappa shape index (κ3) is 1.84. The van der Waals surface area contributed by atoms with Gasteiger partial charge in [-0.2, -0.15) is 0 Å². The first-order valence-electron chi connectivity index (χ1n) is 5.58. The maximum absolute atomic E-state index is 4.38. The van der Waals surface area contributed by atoms with Gasteiger partial charge < -0.3 is 4.98 Å². The zero-order valence-corrected chi connectivity index (χ0v) is 9.43. The number of hydrogen-bond acceptors (Lipinski definition) is 1. The number of hydrogen-bond donors (Lipinski definition) is 1. The Bertz CT molecular complexity index is 284. The number of H-pyrrole nitrogens is 1. The van der Waals surface area contributed by atoms with Crippen LogP contribution in [0.4, 0.5) is 0 Å². The molecule has 1 unspecified atom stereocenters. The molecule has 0 amide bonds. The van der Waals surface area contributed by atoms with E-state index in [1.54, 1.807) is 0 Å². The van der Waals surface area contributed by atoms with E-state index < -0.39 is 0 Å². The Morgan fingerprint density at radius 1 is 1.29 bits per heavy atom. The van der Waals surface area contributed by atoms with Crippen LogP contribution in [0, 0.1) is 11.3 Å². The zero-order valence-electron chi connectivity index (χ0n) is 9.43. The summed E-state index contributed by atoms with van der Waals surface area (Å²) in [7, 11) is 0. The third-order valence-corrected chi connectivity index (χ3v) is 3.50. The highest BCUT2D eigenvalue weighted by Crippen LogP contribution is 2.35. The fourth-order valence-corrected chi connectivity index (χ4v) is 2.42. The summed E-state index contributed by atoms with van der Waals surface area (Å²) in [6.45, 7) is 7.06. The minimum atomic E-state index is 0.448. The molecule has 2 heteroatoms. The van der Waals surface area contributed by atoms with Crippen molar-refractivity contribution in [2.75, 3.05) is 0 Å². The van der Waals surface area contributed by atoms with Crippen LogP contribution < -0.4 is 0 Å². The van der Waals surface area contributed by atoms with Crippen molar-refractivity contribution in [3.05, 3.63) is 17.7 Å². The number of fused-ring (bicyclic) bond motifs is 1. The van der Waals surface area contributed by atoms with Crippen LogP contribution in [0.5, 0.6) is 0 Å². The highest BCUT2D eigenvalue weighted by molar-refractivity contribution is 5.13. The predicted octanol–water partition coefficient (Wildman–Crippen LogP) is 2.95. The molecule has 0 aliphatic heterocycles. The molecule has 14 heavy (non-hydrogen) atoms. The molecule has 0 fully saturated rings. The largest absolute Gasteiger partial charge is 0.348 e. The number of rotatable bonds is 0. The van der Waals surface area contributed by atoms with Gasteiger partial charge in [-0.25, -0.2) is 4.98 Å². The Hall–Kier alpha value is -0.790. The van der Waals surface area contributed by atoms with Gasteiger partial charge in [0.15, 0.2) is 0 Å². The van der Waals surface area contributed by atoms with Gasteiger partial charge in [-0.1, -0.05) is 20.8 Å². The molecule has 1 N–H and O–H groups in total. The van der Waals surface area contributed by atoms with Gasteiger partial charge in [-0.15, -0.1) is 0 Å². The minimum Gasteiger partial charge on any atom is -0.348 e. The van der Waals surface area contributed by atoms with Gasteiger partial charge in [-0.05, 0) is 37.0 Å². The number of aryl methyl sites for hydroxylation is 2. The third-order valence-electron chi connectivity index (χ3n) is 3.50. The van der Waals surface area contributed by atoms with Gasteiger partial charge in [0.1, 0.15) is 0 Å². The summed E-state index contributed by atoms with van der Waals surface area (Å²) >= 11 is 0. The van der Waals surface area contributed by atoms with Crippen LogP contribution in [0.25, 0.3) is 0 Å². The summed E-state index contributed by atoms with van der Waals surface area (Å²) in [6.07, 6.45) is 6.76. The quantitative estimate of drug-likeness (QED) is 0.629. The van der Waals surface area contributed by atoms with Crippen LogP contribution in [-0.4, -0.2) is 9.97 Å². The first-order valence-corrected chi connectivity index (χ1v) is 5.58. The second-order valence-electron chi connectivity index (χ2n) is 5.47. The standard InChI is InChI=1S/C12H20N2/c1-12(2,3)9-4-6-10-11(7-5-9)14-8-13-10/h8-9H,4-7H2,1-3H3,(H,13,14). The molecule has 0 saturated heterocycles. The molecule has 2 rings (SSSR count). The van der Waals surface area contributed by atoms with Crippen LogP contribution in [0.2, 0.25) is 0 Å². The maximum atomic E-state index is 4.38. The Morgan fingerprint density at radius 2 is 2.00 bits per heavy atom. The van der Waals surface area contributed by atoms with Crippen LogP contribution in [0.15, 0.2) is 6.33 Å². The molecule has 2 nitrogen and oxygen atoms in total. The average Bonchev–Trinajstić information content (AvgIpc) is 2.42. The van der Waals surface area contributed by atoms with E-state index in [4.69, 9.17) is 0 Å². The lowest BCUT2D eigenvalue weighted by Crippen LogP contribution is -2.20.